The summed E-state index contributed by atoms with van der Waals surface area (Å²) < 4.78 is 37.8. The second kappa shape index (κ2) is 6.74. The van der Waals surface area contributed by atoms with Gasteiger partial charge in [0.15, 0.2) is 0 Å². The van der Waals surface area contributed by atoms with E-state index in [-0.39, 0.29) is 5.91 Å². The lowest BCUT2D eigenvalue weighted by atomic mass is 10.1. The van der Waals surface area contributed by atoms with Crippen LogP contribution in [0.4, 0.5) is 19.0 Å². The first-order valence-electron chi connectivity index (χ1n) is 7.99. The number of nitrogens with zero attached hydrogens (tertiary/aromatic N) is 3. The first-order chi connectivity index (χ1) is 11.8. The van der Waals surface area contributed by atoms with Crippen molar-refractivity contribution in [2.75, 3.05) is 31.1 Å². The number of rotatable bonds is 2. The third-order valence-electron chi connectivity index (χ3n) is 4.23. The van der Waals surface area contributed by atoms with Gasteiger partial charge in [0.2, 0.25) is 0 Å². The Labute approximate surface area is 143 Å². The number of aromatic nitrogens is 1. The summed E-state index contributed by atoms with van der Waals surface area (Å²) in [7, 11) is 0. The van der Waals surface area contributed by atoms with Gasteiger partial charge in [0.25, 0.3) is 5.91 Å². The van der Waals surface area contributed by atoms with E-state index in [0.717, 1.165) is 17.8 Å². The number of alkyl halides is 3. The Morgan fingerprint density at radius 2 is 1.80 bits per heavy atom. The topological polar surface area (TPSA) is 36.4 Å². The van der Waals surface area contributed by atoms with Gasteiger partial charge in [0, 0.05) is 37.9 Å². The van der Waals surface area contributed by atoms with Crippen LogP contribution in [0.3, 0.4) is 0 Å². The van der Waals surface area contributed by atoms with Crippen molar-refractivity contribution in [3.63, 3.8) is 0 Å². The van der Waals surface area contributed by atoms with Crippen molar-refractivity contribution in [2.45, 2.75) is 13.1 Å². The smallest absolute Gasteiger partial charge is 0.353 e. The predicted octanol–water partition coefficient (Wildman–Crippen LogP) is 3.37. The van der Waals surface area contributed by atoms with Crippen LogP contribution in [0.15, 0.2) is 42.6 Å². The van der Waals surface area contributed by atoms with Gasteiger partial charge in [0.05, 0.1) is 5.56 Å². The highest BCUT2D eigenvalue weighted by atomic mass is 19.4. The number of hydrogen-bond acceptors (Lipinski definition) is 3. The van der Waals surface area contributed by atoms with Gasteiger partial charge in [-0.2, -0.15) is 13.2 Å². The average molecular weight is 349 g/mol. The van der Waals surface area contributed by atoms with Gasteiger partial charge in [-0.25, -0.2) is 4.98 Å². The summed E-state index contributed by atoms with van der Waals surface area (Å²) in [5.74, 6) is 0.472. The molecule has 25 heavy (non-hydrogen) atoms. The summed E-state index contributed by atoms with van der Waals surface area (Å²) in [6.07, 6.45) is -3.54. The number of amides is 1. The van der Waals surface area contributed by atoms with E-state index in [2.05, 4.69) is 4.98 Å². The Balaban J connectivity index is 1.63. The van der Waals surface area contributed by atoms with E-state index in [4.69, 9.17) is 0 Å². The van der Waals surface area contributed by atoms with Gasteiger partial charge in [-0.15, -0.1) is 0 Å². The van der Waals surface area contributed by atoms with Crippen LogP contribution in [0, 0.1) is 6.92 Å². The number of anilines is 1. The average Bonchev–Trinajstić information content (AvgIpc) is 2.61. The van der Waals surface area contributed by atoms with Crippen LogP contribution in [0.5, 0.6) is 0 Å². The maximum absolute atomic E-state index is 12.6. The molecule has 0 unspecified atom stereocenters. The summed E-state index contributed by atoms with van der Waals surface area (Å²) in [6, 6.07) is 9.84. The Kier molecular flexibility index (Phi) is 4.65. The van der Waals surface area contributed by atoms with Gasteiger partial charge < -0.3 is 9.80 Å². The first kappa shape index (κ1) is 17.3. The number of carbonyl (C=O) groups excluding carboxylic acids is 1. The zero-order chi connectivity index (χ0) is 18.0. The van der Waals surface area contributed by atoms with Crippen molar-refractivity contribution in [1.29, 1.82) is 0 Å². The molecule has 0 bridgehead atoms. The number of hydrogen-bond donors (Lipinski definition) is 0. The van der Waals surface area contributed by atoms with Gasteiger partial charge >= 0.3 is 6.18 Å². The van der Waals surface area contributed by atoms with Gasteiger partial charge in [0.1, 0.15) is 5.82 Å². The SMILES string of the molecule is Cc1cccc(C(=O)N2CCN(c3ccc(C(F)(F)F)cn3)CC2)c1. The van der Waals surface area contributed by atoms with Crippen LogP contribution >= 0.6 is 0 Å². The molecule has 4 nitrogen and oxygen atoms in total. The molecule has 132 valence electrons. The first-order valence-corrected chi connectivity index (χ1v) is 7.99. The van der Waals surface area contributed by atoms with Crippen LogP contribution < -0.4 is 4.90 Å². The molecule has 0 spiro atoms. The molecule has 0 N–H and O–H groups in total. The van der Waals surface area contributed by atoms with Gasteiger partial charge in [-0.05, 0) is 31.2 Å². The minimum Gasteiger partial charge on any atom is -0.353 e. The highest BCUT2D eigenvalue weighted by Crippen LogP contribution is 2.29. The number of pyridine rings is 1. The monoisotopic (exact) mass is 349 g/mol. The quantitative estimate of drug-likeness (QED) is 0.834. The van der Waals surface area contributed by atoms with Crippen LogP contribution in [-0.4, -0.2) is 42.0 Å². The van der Waals surface area contributed by atoms with E-state index in [1.807, 2.05) is 30.0 Å². The molecule has 0 aliphatic carbocycles. The van der Waals surface area contributed by atoms with E-state index < -0.39 is 11.7 Å². The lowest BCUT2D eigenvalue weighted by molar-refractivity contribution is -0.137. The van der Waals surface area contributed by atoms with Crippen LogP contribution in [0.2, 0.25) is 0 Å². The fourth-order valence-corrected chi connectivity index (χ4v) is 2.84. The summed E-state index contributed by atoms with van der Waals surface area (Å²) in [6.45, 7) is 4.03. The molecule has 1 aromatic carbocycles. The van der Waals surface area contributed by atoms with E-state index in [9.17, 15) is 18.0 Å². The lowest BCUT2D eigenvalue weighted by Gasteiger charge is -2.35. The molecule has 1 fully saturated rings. The molecular formula is C18H18F3N3O. The van der Waals surface area contributed by atoms with Crippen molar-refractivity contribution in [1.82, 2.24) is 9.88 Å². The fraction of sp³-hybridized carbons (Fsp3) is 0.333. The Morgan fingerprint density at radius 1 is 1.08 bits per heavy atom. The maximum atomic E-state index is 12.6. The second-order valence-electron chi connectivity index (χ2n) is 6.05. The maximum Gasteiger partial charge on any atom is 0.417 e. The van der Waals surface area contributed by atoms with E-state index in [0.29, 0.717) is 37.6 Å². The van der Waals surface area contributed by atoms with Crippen molar-refractivity contribution in [3.05, 3.63) is 59.3 Å². The third kappa shape index (κ3) is 3.92. The second-order valence-corrected chi connectivity index (χ2v) is 6.05. The highest BCUT2D eigenvalue weighted by Gasteiger charge is 2.31. The highest BCUT2D eigenvalue weighted by molar-refractivity contribution is 5.94. The Hall–Kier alpha value is -2.57. The van der Waals surface area contributed by atoms with Crippen molar-refractivity contribution >= 4 is 11.7 Å². The summed E-state index contributed by atoms with van der Waals surface area (Å²) in [5.41, 5.74) is 0.920. The molecule has 1 aliphatic heterocycles. The number of piperazine rings is 1. The van der Waals surface area contributed by atoms with Crippen molar-refractivity contribution < 1.29 is 18.0 Å². The van der Waals surface area contributed by atoms with E-state index in [1.54, 1.807) is 11.0 Å². The largest absolute Gasteiger partial charge is 0.417 e. The lowest BCUT2D eigenvalue weighted by Crippen LogP contribution is -2.49. The van der Waals surface area contributed by atoms with Gasteiger partial charge in [-0.1, -0.05) is 17.7 Å². The van der Waals surface area contributed by atoms with Crippen LogP contribution in [0.25, 0.3) is 0 Å². The van der Waals surface area contributed by atoms with E-state index in [1.165, 1.54) is 6.07 Å². The van der Waals surface area contributed by atoms with E-state index >= 15 is 0 Å². The van der Waals surface area contributed by atoms with Crippen LogP contribution in [0.1, 0.15) is 21.5 Å². The number of carbonyl (C=O) groups is 1. The fourth-order valence-electron chi connectivity index (χ4n) is 2.84. The molecular weight excluding hydrogens is 331 g/mol. The normalized spacial score (nSPS) is 15.4. The minimum absolute atomic E-state index is 0.0243. The summed E-state index contributed by atoms with van der Waals surface area (Å²) in [4.78, 5) is 20.1. The molecule has 2 aromatic rings. The molecule has 2 heterocycles. The zero-order valence-corrected chi connectivity index (χ0v) is 13.8. The molecule has 7 heteroatoms. The van der Waals surface area contributed by atoms with Crippen LogP contribution in [-0.2, 0) is 6.18 Å². The molecule has 1 amide bonds. The minimum atomic E-state index is -4.38. The number of aryl methyl sites for hydroxylation is 1. The number of benzene rings is 1. The Morgan fingerprint density at radius 3 is 2.36 bits per heavy atom. The van der Waals surface area contributed by atoms with Crippen molar-refractivity contribution in [2.24, 2.45) is 0 Å². The van der Waals surface area contributed by atoms with Gasteiger partial charge in [-0.3, -0.25) is 4.79 Å². The molecule has 0 saturated carbocycles. The zero-order valence-electron chi connectivity index (χ0n) is 13.8. The standard InChI is InChI=1S/C18H18F3N3O/c1-13-3-2-4-14(11-13)17(25)24-9-7-23(8-10-24)16-6-5-15(12-22-16)18(19,20)21/h2-6,11-12H,7-10H2,1H3. The number of halogens is 3. The summed E-state index contributed by atoms with van der Waals surface area (Å²) >= 11 is 0. The molecule has 1 saturated heterocycles. The Bertz CT molecular complexity index is 751. The molecule has 1 aliphatic rings. The predicted molar refractivity (Wildman–Crippen MR) is 88.5 cm³/mol. The molecule has 3 rings (SSSR count). The molecule has 0 atom stereocenters. The summed E-state index contributed by atoms with van der Waals surface area (Å²) in [5, 5.41) is 0. The molecule has 0 radical (unpaired) electrons. The molecule has 1 aromatic heterocycles. The van der Waals surface area contributed by atoms with Crippen molar-refractivity contribution in [3.8, 4) is 0 Å². The third-order valence-corrected chi connectivity index (χ3v) is 4.23.